The number of carbonyl (C=O) groups excluding carboxylic acids is 2. The number of anilines is 1. The molecular weight excluding hydrogens is 458 g/mol. The van der Waals surface area contributed by atoms with Gasteiger partial charge < -0.3 is 9.52 Å². The van der Waals surface area contributed by atoms with E-state index in [-0.39, 0.29) is 11.3 Å². The van der Waals surface area contributed by atoms with Crippen molar-refractivity contribution >= 4 is 51.3 Å². The predicted octanol–water partition coefficient (Wildman–Crippen LogP) is 7.05. The number of aliphatic hydroxyl groups is 1. The number of hydrogen-bond donors (Lipinski definition) is 1. The van der Waals surface area contributed by atoms with Gasteiger partial charge in [-0.25, -0.2) is 0 Å². The molecule has 0 radical (unpaired) electrons. The average molecular weight is 478 g/mol. The van der Waals surface area contributed by atoms with E-state index in [1.807, 2.05) is 41.8 Å². The van der Waals surface area contributed by atoms with Crippen LogP contribution in [0.1, 0.15) is 46.8 Å². The van der Waals surface area contributed by atoms with Gasteiger partial charge >= 0.3 is 0 Å². The average Bonchev–Trinajstić information content (AvgIpc) is 3.52. The summed E-state index contributed by atoms with van der Waals surface area (Å²) in [4.78, 5) is 29.0. The molecule has 1 unspecified atom stereocenters. The Labute approximate surface area is 199 Å². The summed E-state index contributed by atoms with van der Waals surface area (Å²) in [6.45, 7) is 4.18. The maximum Gasteiger partial charge on any atom is 0.294 e. The van der Waals surface area contributed by atoms with Crippen molar-refractivity contribution in [1.82, 2.24) is 0 Å². The second-order valence-corrected chi connectivity index (χ2v) is 9.64. The minimum absolute atomic E-state index is 0.000499. The zero-order valence-corrected chi connectivity index (χ0v) is 19.5. The Balaban J connectivity index is 1.60. The van der Waals surface area contributed by atoms with Crippen molar-refractivity contribution in [2.75, 3.05) is 4.90 Å². The maximum atomic E-state index is 13.6. The number of furan rings is 1. The fourth-order valence-corrected chi connectivity index (χ4v) is 5.10. The van der Waals surface area contributed by atoms with Gasteiger partial charge in [0.05, 0.1) is 5.57 Å². The molecular formula is C26H20ClNO4S. The molecule has 166 valence electrons. The SMILES string of the molecule is CC(C)c1ccc(N2C(=O)C(O)=C(C(=O)c3cc4cc(Cl)ccc4o3)C2c2cccs2)cc1. The highest BCUT2D eigenvalue weighted by atomic mass is 35.5. The molecule has 1 aliphatic rings. The van der Waals surface area contributed by atoms with Crippen LogP contribution in [0.3, 0.4) is 0 Å². The number of fused-ring (bicyclic) bond motifs is 1. The van der Waals surface area contributed by atoms with Crippen LogP contribution in [0.4, 0.5) is 5.69 Å². The summed E-state index contributed by atoms with van der Waals surface area (Å²) in [6.07, 6.45) is 0. The van der Waals surface area contributed by atoms with Crippen LogP contribution < -0.4 is 4.90 Å². The molecule has 1 aliphatic heterocycles. The zero-order chi connectivity index (χ0) is 23.3. The van der Waals surface area contributed by atoms with Crippen LogP contribution in [0.15, 0.2) is 81.8 Å². The van der Waals surface area contributed by atoms with Gasteiger partial charge in [0.15, 0.2) is 11.5 Å². The summed E-state index contributed by atoms with van der Waals surface area (Å²) in [5, 5.41) is 13.9. The van der Waals surface area contributed by atoms with Crippen molar-refractivity contribution in [3.63, 3.8) is 0 Å². The summed E-state index contributed by atoms with van der Waals surface area (Å²) < 4.78 is 5.75. The van der Waals surface area contributed by atoms with Gasteiger partial charge in [0.1, 0.15) is 11.6 Å². The zero-order valence-electron chi connectivity index (χ0n) is 17.9. The van der Waals surface area contributed by atoms with E-state index in [0.29, 0.717) is 27.6 Å². The van der Waals surface area contributed by atoms with Gasteiger partial charge in [0.25, 0.3) is 5.91 Å². The van der Waals surface area contributed by atoms with Gasteiger partial charge in [-0.2, -0.15) is 0 Å². The van der Waals surface area contributed by atoms with E-state index < -0.39 is 23.5 Å². The minimum atomic E-state index is -0.758. The molecule has 1 amide bonds. The van der Waals surface area contributed by atoms with Gasteiger partial charge in [-0.3, -0.25) is 14.5 Å². The largest absolute Gasteiger partial charge is 0.503 e. The van der Waals surface area contributed by atoms with E-state index in [2.05, 4.69) is 13.8 Å². The van der Waals surface area contributed by atoms with Gasteiger partial charge in [-0.05, 0) is 59.3 Å². The molecule has 4 aromatic rings. The van der Waals surface area contributed by atoms with E-state index in [0.717, 1.165) is 10.4 Å². The number of benzene rings is 2. The highest BCUT2D eigenvalue weighted by Gasteiger charge is 2.45. The quantitative estimate of drug-likeness (QED) is 0.312. The van der Waals surface area contributed by atoms with Crippen molar-refractivity contribution in [1.29, 1.82) is 0 Å². The lowest BCUT2D eigenvalue weighted by Gasteiger charge is -2.26. The van der Waals surface area contributed by atoms with Crippen LogP contribution in [0, 0.1) is 0 Å². The van der Waals surface area contributed by atoms with Crippen LogP contribution in [0.5, 0.6) is 0 Å². The molecule has 2 aromatic carbocycles. The minimum Gasteiger partial charge on any atom is -0.503 e. The number of halogens is 1. The summed E-state index contributed by atoms with van der Waals surface area (Å²) in [5.41, 5.74) is 2.24. The number of carbonyl (C=O) groups is 2. The number of nitrogens with zero attached hydrogens (tertiary/aromatic N) is 1. The Hall–Kier alpha value is -3.35. The van der Waals surface area contributed by atoms with Crippen LogP contribution >= 0.6 is 22.9 Å². The van der Waals surface area contributed by atoms with E-state index in [4.69, 9.17) is 16.0 Å². The van der Waals surface area contributed by atoms with Crippen molar-refractivity contribution in [2.45, 2.75) is 25.8 Å². The first-order valence-electron chi connectivity index (χ1n) is 10.5. The maximum absolute atomic E-state index is 13.6. The van der Waals surface area contributed by atoms with Crippen molar-refractivity contribution in [2.24, 2.45) is 0 Å². The third kappa shape index (κ3) is 3.65. The van der Waals surface area contributed by atoms with E-state index >= 15 is 0 Å². The first kappa shape index (κ1) is 21.5. The summed E-state index contributed by atoms with van der Waals surface area (Å²) in [5.74, 6) is -1.34. The number of aliphatic hydroxyl groups excluding tert-OH is 1. The molecule has 2 aromatic heterocycles. The number of rotatable bonds is 5. The molecule has 5 nitrogen and oxygen atoms in total. The number of hydrogen-bond acceptors (Lipinski definition) is 5. The predicted molar refractivity (Wildman–Crippen MR) is 130 cm³/mol. The second kappa shape index (κ2) is 8.21. The molecule has 1 N–H and O–H groups in total. The van der Waals surface area contributed by atoms with Crippen molar-refractivity contribution < 1.29 is 19.1 Å². The first-order valence-corrected chi connectivity index (χ1v) is 11.7. The Morgan fingerprint density at radius 3 is 2.55 bits per heavy atom. The molecule has 0 bridgehead atoms. The monoisotopic (exact) mass is 477 g/mol. The van der Waals surface area contributed by atoms with Crippen LogP contribution in [-0.2, 0) is 4.79 Å². The molecule has 3 heterocycles. The van der Waals surface area contributed by atoms with Crippen LogP contribution in [-0.4, -0.2) is 16.8 Å². The molecule has 0 saturated heterocycles. The van der Waals surface area contributed by atoms with Crippen molar-refractivity contribution in [3.05, 3.63) is 98.6 Å². The molecule has 0 fully saturated rings. The highest BCUT2D eigenvalue weighted by Crippen LogP contribution is 2.44. The highest BCUT2D eigenvalue weighted by molar-refractivity contribution is 7.10. The molecule has 0 spiro atoms. The molecule has 7 heteroatoms. The molecule has 1 atom stereocenters. The molecule has 0 aliphatic carbocycles. The number of amides is 1. The Morgan fingerprint density at radius 2 is 1.88 bits per heavy atom. The number of thiophene rings is 1. The van der Waals surface area contributed by atoms with Crippen LogP contribution in [0.25, 0.3) is 11.0 Å². The van der Waals surface area contributed by atoms with E-state index in [9.17, 15) is 14.7 Å². The summed E-state index contributed by atoms with van der Waals surface area (Å²) in [6, 6.07) is 17.2. The lowest BCUT2D eigenvalue weighted by molar-refractivity contribution is -0.117. The second-order valence-electron chi connectivity index (χ2n) is 8.22. The standard InChI is InChI=1S/C26H20ClNO4S/c1-14(2)15-5-8-18(9-6-15)28-23(21-4-3-11-33-21)22(25(30)26(28)31)24(29)20-13-16-12-17(27)7-10-19(16)32-20/h3-14,23,30H,1-2H3. The van der Waals surface area contributed by atoms with Crippen LogP contribution in [0.2, 0.25) is 5.02 Å². The lowest BCUT2D eigenvalue weighted by Crippen LogP contribution is -2.30. The fourth-order valence-electron chi connectivity index (χ4n) is 4.10. The lowest BCUT2D eigenvalue weighted by atomic mass is 9.99. The topological polar surface area (TPSA) is 70.8 Å². The Kier molecular flexibility index (Phi) is 5.35. The van der Waals surface area contributed by atoms with Gasteiger partial charge in [0.2, 0.25) is 5.78 Å². The van der Waals surface area contributed by atoms with Crippen molar-refractivity contribution in [3.8, 4) is 0 Å². The normalized spacial score (nSPS) is 16.4. The third-order valence-electron chi connectivity index (χ3n) is 5.81. The first-order chi connectivity index (χ1) is 15.8. The Morgan fingerprint density at radius 1 is 1.12 bits per heavy atom. The van der Waals surface area contributed by atoms with Gasteiger partial charge in [-0.15, -0.1) is 11.3 Å². The van der Waals surface area contributed by atoms with Gasteiger partial charge in [0, 0.05) is 21.0 Å². The Bertz CT molecular complexity index is 1400. The molecule has 5 rings (SSSR count). The summed E-state index contributed by atoms with van der Waals surface area (Å²) >= 11 is 7.47. The van der Waals surface area contributed by atoms with E-state index in [1.54, 1.807) is 24.3 Å². The number of ketones is 1. The fraction of sp³-hybridized carbons (Fsp3) is 0.154. The smallest absolute Gasteiger partial charge is 0.294 e. The summed E-state index contributed by atoms with van der Waals surface area (Å²) in [7, 11) is 0. The van der Waals surface area contributed by atoms with Gasteiger partial charge in [-0.1, -0.05) is 43.6 Å². The third-order valence-corrected chi connectivity index (χ3v) is 6.97. The van der Waals surface area contributed by atoms with E-state index in [1.165, 1.54) is 16.2 Å². The molecule has 33 heavy (non-hydrogen) atoms. The molecule has 0 saturated carbocycles. The number of Topliss-reactive ketones (excluding diaryl/α,β-unsaturated/α-hetero) is 1.